The largest absolute Gasteiger partial charge is 1.00 e. The normalized spacial score (nSPS) is 7.18. The molecule has 1 aromatic carbocycles. The summed E-state index contributed by atoms with van der Waals surface area (Å²) in [5, 5.41) is 8.93. The Morgan fingerprint density at radius 3 is 1.73 bits per heavy atom. The van der Waals surface area contributed by atoms with E-state index in [1.165, 1.54) is 5.56 Å². The molecule has 0 N–H and O–H groups in total. The Bertz CT molecular complexity index is 151. The van der Waals surface area contributed by atoms with Crippen molar-refractivity contribution >= 4 is 0 Å². The van der Waals surface area contributed by atoms with Crippen molar-refractivity contribution in [1.29, 1.82) is 0 Å². The second-order valence-electron chi connectivity index (χ2n) is 1.94. The molecule has 0 amide bonds. The molecule has 0 radical (unpaired) electrons. The van der Waals surface area contributed by atoms with Crippen LogP contribution in [0.1, 0.15) is 12.5 Å². The fourth-order valence-electron chi connectivity index (χ4n) is 0.534. The van der Waals surface area contributed by atoms with Crippen LogP contribution in [0.2, 0.25) is 0 Å². The van der Waals surface area contributed by atoms with Crippen LogP contribution in [0, 0.1) is 6.92 Å². The molecule has 0 unspecified atom stereocenters. The monoisotopic (exact) mass is 144 g/mol. The second-order valence-corrected chi connectivity index (χ2v) is 1.94. The Hall–Kier alpha value is -0.223. The van der Waals surface area contributed by atoms with E-state index in [0.29, 0.717) is 0 Å². The number of hydrogen-bond donors (Lipinski definition) is 0. The Balaban J connectivity index is 0. The minimum Gasteiger partial charge on any atom is -0.855 e. The molecule has 0 bridgehead atoms. The Morgan fingerprint density at radius 1 is 1.18 bits per heavy atom. The van der Waals surface area contributed by atoms with Crippen LogP contribution in [0.5, 0.6) is 0 Å². The first-order chi connectivity index (χ1) is 4.81. The van der Waals surface area contributed by atoms with Gasteiger partial charge in [-0.1, -0.05) is 42.8 Å². The topological polar surface area (TPSA) is 23.1 Å². The van der Waals surface area contributed by atoms with Crippen molar-refractivity contribution in [3.05, 3.63) is 35.9 Å². The van der Waals surface area contributed by atoms with Crippen LogP contribution in [0.4, 0.5) is 0 Å². The molecule has 2 heteroatoms. The van der Waals surface area contributed by atoms with Gasteiger partial charge < -0.3 is 5.11 Å². The zero-order valence-corrected chi connectivity index (χ0v) is 7.50. The molecule has 0 heterocycles. The smallest absolute Gasteiger partial charge is 0.855 e. The maximum Gasteiger partial charge on any atom is 1.00 e. The minimum absolute atomic E-state index is 0. The van der Waals surface area contributed by atoms with Gasteiger partial charge in [-0.3, -0.25) is 0 Å². The maximum atomic E-state index is 8.93. The van der Waals surface area contributed by atoms with E-state index in [2.05, 4.69) is 19.1 Å². The van der Waals surface area contributed by atoms with Crippen LogP contribution >= 0.6 is 0 Å². The van der Waals surface area contributed by atoms with Crippen LogP contribution in [0.3, 0.4) is 0 Å². The number of aryl methyl sites for hydroxylation is 1. The van der Waals surface area contributed by atoms with Crippen molar-refractivity contribution in [2.45, 2.75) is 13.8 Å². The number of rotatable bonds is 0. The third-order valence-corrected chi connectivity index (χ3v) is 0.940. The molecular formula is C9H13LiO. The van der Waals surface area contributed by atoms with Gasteiger partial charge in [-0.15, -0.1) is 6.61 Å². The predicted molar refractivity (Wildman–Crippen MR) is 41.7 cm³/mol. The van der Waals surface area contributed by atoms with E-state index in [0.717, 1.165) is 0 Å². The number of benzene rings is 1. The van der Waals surface area contributed by atoms with E-state index in [1.54, 1.807) is 6.92 Å². The Kier molecular flexibility index (Phi) is 11.9. The second kappa shape index (κ2) is 9.78. The summed E-state index contributed by atoms with van der Waals surface area (Å²) in [6.45, 7) is 3.65. The molecule has 0 fully saturated rings. The molecule has 0 spiro atoms. The van der Waals surface area contributed by atoms with E-state index in [4.69, 9.17) is 5.11 Å². The SMILES string of the molecule is CC[O-].Cc1ccccc1.[Li+]. The molecule has 1 rings (SSSR count). The van der Waals surface area contributed by atoms with Crippen molar-refractivity contribution in [3.8, 4) is 0 Å². The zero-order valence-electron chi connectivity index (χ0n) is 7.50. The predicted octanol–water partition coefficient (Wildman–Crippen LogP) is -1.63. The molecule has 0 aromatic heterocycles. The number of hydrogen-bond acceptors (Lipinski definition) is 1. The van der Waals surface area contributed by atoms with Crippen molar-refractivity contribution in [3.63, 3.8) is 0 Å². The summed E-state index contributed by atoms with van der Waals surface area (Å²) in [6, 6.07) is 10.3. The first kappa shape index (κ1) is 13.4. The van der Waals surface area contributed by atoms with Crippen LogP contribution < -0.4 is 24.0 Å². The van der Waals surface area contributed by atoms with Gasteiger partial charge in [0.2, 0.25) is 0 Å². The molecule has 1 aromatic rings. The molecule has 56 valence electrons. The first-order valence-electron chi connectivity index (χ1n) is 3.41. The van der Waals surface area contributed by atoms with Gasteiger partial charge in [0.25, 0.3) is 0 Å². The third-order valence-electron chi connectivity index (χ3n) is 0.940. The molecule has 0 atom stereocenters. The molecule has 1 nitrogen and oxygen atoms in total. The summed E-state index contributed by atoms with van der Waals surface area (Å²) < 4.78 is 0. The first-order valence-corrected chi connectivity index (χ1v) is 3.41. The summed E-state index contributed by atoms with van der Waals surface area (Å²) in [6.07, 6.45) is 0. The van der Waals surface area contributed by atoms with Crippen molar-refractivity contribution < 1.29 is 24.0 Å². The summed E-state index contributed by atoms with van der Waals surface area (Å²) in [7, 11) is 0. The third kappa shape index (κ3) is 9.78. The average Bonchev–Trinajstić information content (AvgIpc) is 1.91. The fourth-order valence-corrected chi connectivity index (χ4v) is 0.534. The Morgan fingerprint density at radius 2 is 1.55 bits per heavy atom. The molecule has 0 aliphatic heterocycles. The molecule has 0 aliphatic rings. The zero-order chi connectivity index (χ0) is 7.82. The van der Waals surface area contributed by atoms with Crippen LogP contribution in [-0.2, 0) is 0 Å². The summed E-state index contributed by atoms with van der Waals surface area (Å²) in [5.41, 5.74) is 1.32. The van der Waals surface area contributed by atoms with Crippen molar-refractivity contribution in [2.75, 3.05) is 6.61 Å². The van der Waals surface area contributed by atoms with Crippen molar-refractivity contribution in [1.82, 2.24) is 0 Å². The molecule has 0 saturated heterocycles. The van der Waals surface area contributed by atoms with E-state index >= 15 is 0 Å². The van der Waals surface area contributed by atoms with E-state index < -0.39 is 0 Å². The van der Waals surface area contributed by atoms with E-state index in [1.807, 2.05) is 18.2 Å². The summed E-state index contributed by atoms with van der Waals surface area (Å²) in [5.74, 6) is 0. The van der Waals surface area contributed by atoms with Gasteiger partial charge in [0.05, 0.1) is 0 Å². The average molecular weight is 144 g/mol. The van der Waals surface area contributed by atoms with Gasteiger partial charge in [-0.2, -0.15) is 0 Å². The minimum atomic E-state index is 0. The fraction of sp³-hybridized carbons (Fsp3) is 0.333. The molecular weight excluding hydrogens is 131 g/mol. The van der Waals surface area contributed by atoms with Gasteiger partial charge in [0, 0.05) is 0 Å². The quantitative estimate of drug-likeness (QED) is 0.401. The van der Waals surface area contributed by atoms with Crippen LogP contribution in [0.15, 0.2) is 30.3 Å². The summed E-state index contributed by atoms with van der Waals surface area (Å²) in [4.78, 5) is 0. The van der Waals surface area contributed by atoms with Gasteiger partial charge in [0.15, 0.2) is 0 Å². The maximum absolute atomic E-state index is 8.93. The van der Waals surface area contributed by atoms with Gasteiger partial charge in [0.1, 0.15) is 0 Å². The van der Waals surface area contributed by atoms with Crippen LogP contribution in [0.25, 0.3) is 0 Å². The van der Waals surface area contributed by atoms with E-state index in [-0.39, 0.29) is 25.5 Å². The van der Waals surface area contributed by atoms with Gasteiger partial charge >= 0.3 is 18.9 Å². The van der Waals surface area contributed by atoms with Gasteiger partial charge in [-0.05, 0) is 6.92 Å². The van der Waals surface area contributed by atoms with E-state index in [9.17, 15) is 0 Å². The molecule has 0 aliphatic carbocycles. The standard InChI is InChI=1S/C7H8.C2H5O.Li/c1-7-5-3-2-4-6-7;1-2-3;/h2-6H,1H3;2H2,1H3;/q;-1;+1. The van der Waals surface area contributed by atoms with Crippen LogP contribution in [-0.4, -0.2) is 6.61 Å². The van der Waals surface area contributed by atoms with Crippen molar-refractivity contribution in [2.24, 2.45) is 0 Å². The Labute approximate surface area is 80.6 Å². The molecule has 11 heavy (non-hydrogen) atoms. The summed E-state index contributed by atoms with van der Waals surface area (Å²) >= 11 is 0. The molecule has 0 saturated carbocycles. The van der Waals surface area contributed by atoms with Gasteiger partial charge in [-0.25, -0.2) is 0 Å².